The molecule has 1 amide bonds. The molecule has 0 aliphatic carbocycles. The number of nitrogens with one attached hydrogen (secondary N) is 1. The van der Waals surface area contributed by atoms with Crippen molar-refractivity contribution in [1.82, 2.24) is 0 Å². The Balaban J connectivity index is 1.75. The summed E-state index contributed by atoms with van der Waals surface area (Å²) in [6, 6.07) is 14.4. The summed E-state index contributed by atoms with van der Waals surface area (Å²) in [5.41, 5.74) is 2.33. The third-order valence-electron chi connectivity index (χ3n) is 3.34. The fourth-order valence-electron chi connectivity index (χ4n) is 2.08. The lowest BCUT2D eigenvalue weighted by molar-refractivity contribution is -0.113. The molecule has 6 heteroatoms. The molecule has 132 valence electrons. The van der Waals surface area contributed by atoms with E-state index in [1.807, 2.05) is 12.1 Å². The lowest BCUT2D eigenvalue weighted by Gasteiger charge is -2.07. The minimum absolute atomic E-state index is 0.0571. The van der Waals surface area contributed by atoms with E-state index in [1.165, 1.54) is 11.8 Å². The van der Waals surface area contributed by atoms with Crippen molar-refractivity contribution in [1.29, 1.82) is 0 Å². The number of carbonyl (C=O) groups is 2. The van der Waals surface area contributed by atoms with E-state index in [9.17, 15) is 9.59 Å². The van der Waals surface area contributed by atoms with Crippen molar-refractivity contribution in [3.05, 3.63) is 59.7 Å². The quantitative estimate of drug-likeness (QED) is 0.727. The second-order valence-electron chi connectivity index (χ2n) is 5.19. The van der Waals surface area contributed by atoms with Gasteiger partial charge in [-0.3, -0.25) is 4.79 Å². The fraction of sp³-hybridized carbons (Fsp3) is 0.263. The zero-order valence-electron chi connectivity index (χ0n) is 14.3. The van der Waals surface area contributed by atoms with Gasteiger partial charge in [0.05, 0.1) is 25.0 Å². The molecule has 5 nitrogen and oxygen atoms in total. The van der Waals surface area contributed by atoms with Gasteiger partial charge in [-0.15, -0.1) is 11.8 Å². The monoisotopic (exact) mass is 359 g/mol. The second kappa shape index (κ2) is 9.74. The number of thioether (sulfide) groups is 1. The van der Waals surface area contributed by atoms with Crippen LogP contribution in [0.2, 0.25) is 0 Å². The molecule has 0 aliphatic rings. The van der Waals surface area contributed by atoms with Gasteiger partial charge in [0.2, 0.25) is 5.91 Å². The van der Waals surface area contributed by atoms with Crippen LogP contribution in [0.15, 0.2) is 48.5 Å². The lowest BCUT2D eigenvalue weighted by Crippen LogP contribution is -2.14. The summed E-state index contributed by atoms with van der Waals surface area (Å²) in [6.07, 6.45) is 0. The van der Waals surface area contributed by atoms with Crippen LogP contribution in [0.4, 0.5) is 5.69 Å². The second-order valence-corrected chi connectivity index (χ2v) is 6.17. The number of amides is 1. The first-order valence-corrected chi connectivity index (χ1v) is 9.05. The maximum absolute atomic E-state index is 11.9. The van der Waals surface area contributed by atoms with Crippen LogP contribution in [0.25, 0.3) is 0 Å². The topological polar surface area (TPSA) is 64.6 Å². The predicted molar refractivity (Wildman–Crippen MR) is 100 cm³/mol. The van der Waals surface area contributed by atoms with E-state index in [4.69, 9.17) is 9.47 Å². The van der Waals surface area contributed by atoms with E-state index in [1.54, 1.807) is 50.4 Å². The van der Waals surface area contributed by atoms with E-state index in [0.717, 1.165) is 17.0 Å². The molecule has 0 unspecified atom stereocenters. The maximum Gasteiger partial charge on any atom is 0.338 e. The number of rotatable bonds is 8. The van der Waals surface area contributed by atoms with Gasteiger partial charge in [-0.25, -0.2) is 4.79 Å². The number of esters is 1. The first-order valence-electron chi connectivity index (χ1n) is 7.90. The van der Waals surface area contributed by atoms with Crippen molar-refractivity contribution in [3.63, 3.8) is 0 Å². The smallest absolute Gasteiger partial charge is 0.338 e. The number of carbonyl (C=O) groups excluding carboxylic acids is 2. The Bertz CT molecular complexity index is 698. The third-order valence-corrected chi connectivity index (χ3v) is 4.34. The first kappa shape index (κ1) is 18.9. The highest BCUT2D eigenvalue weighted by atomic mass is 32.2. The van der Waals surface area contributed by atoms with E-state index in [2.05, 4.69) is 5.32 Å². The Hall–Kier alpha value is -2.47. The molecule has 0 saturated carbocycles. The Morgan fingerprint density at radius 2 is 1.72 bits per heavy atom. The summed E-state index contributed by atoms with van der Waals surface area (Å²) < 4.78 is 10.0. The van der Waals surface area contributed by atoms with Gasteiger partial charge in [-0.1, -0.05) is 12.1 Å². The summed E-state index contributed by atoms with van der Waals surface area (Å²) in [5, 5.41) is 2.84. The van der Waals surface area contributed by atoms with Crippen LogP contribution < -0.4 is 10.1 Å². The molecule has 2 aromatic rings. The van der Waals surface area contributed by atoms with Gasteiger partial charge in [0.25, 0.3) is 0 Å². The van der Waals surface area contributed by atoms with E-state index >= 15 is 0 Å². The summed E-state index contributed by atoms with van der Waals surface area (Å²) in [4.78, 5) is 23.5. The van der Waals surface area contributed by atoms with Crippen molar-refractivity contribution < 1.29 is 19.1 Å². The molecule has 2 aromatic carbocycles. The number of hydrogen-bond donors (Lipinski definition) is 1. The van der Waals surface area contributed by atoms with Gasteiger partial charge in [-0.2, -0.15) is 0 Å². The van der Waals surface area contributed by atoms with E-state index < -0.39 is 0 Å². The molecule has 0 atom stereocenters. The molecule has 0 aliphatic heterocycles. The molecule has 0 bridgehead atoms. The van der Waals surface area contributed by atoms with Crippen molar-refractivity contribution >= 4 is 29.3 Å². The largest absolute Gasteiger partial charge is 0.497 e. The average molecular weight is 359 g/mol. The normalized spacial score (nSPS) is 10.2. The number of ether oxygens (including phenoxy) is 2. The zero-order valence-corrected chi connectivity index (χ0v) is 15.1. The molecule has 0 saturated heterocycles. The van der Waals surface area contributed by atoms with Crippen LogP contribution in [-0.4, -0.2) is 31.3 Å². The van der Waals surface area contributed by atoms with Crippen LogP contribution in [0.3, 0.4) is 0 Å². The van der Waals surface area contributed by atoms with Gasteiger partial charge in [0.15, 0.2) is 0 Å². The summed E-state index contributed by atoms with van der Waals surface area (Å²) in [6.45, 7) is 2.14. The third kappa shape index (κ3) is 6.15. The Morgan fingerprint density at radius 1 is 1.04 bits per heavy atom. The zero-order chi connectivity index (χ0) is 18.1. The standard InChI is InChI=1S/C19H21NO4S/c1-3-24-19(22)15-6-4-14(5-7-15)12-25-13-18(21)20-16-8-10-17(23-2)11-9-16/h4-11H,3,12-13H2,1-2H3,(H,20,21). The summed E-state index contributed by atoms with van der Waals surface area (Å²) in [7, 11) is 1.60. The molecule has 1 N–H and O–H groups in total. The molecule has 0 radical (unpaired) electrons. The van der Waals surface area contributed by atoms with Crippen molar-refractivity contribution in [2.24, 2.45) is 0 Å². The summed E-state index contributed by atoms with van der Waals surface area (Å²) in [5.74, 6) is 1.42. The number of methoxy groups -OCH3 is 1. The van der Waals surface area contributed by atoms with E-state index in [0.29, 0.717) is 23.7 Å². The predicted octanol–water partition coefficient (Wildman–Crippen LogP) is 3.74. The highest BCUT2D eigenvalue weighted by Gasteiger charge is 2.07. The highest BCUT2D eigenvalue weighted by molar-refractivity contribution is 7.99. The molecule has 0 heterocycles. The van der Waals surface area contributed by atoms with Gasteiger partial charge in [-0.05, 0) is 48.9 Å². The van der Waals surface area contributed by atoms with Crippen LogP contribution in [0, 0.1) is 0 Å². The molecule has 0 spiro atoms. The van der Waals surface area contributed by atoms with Gasteiger partial charge in [0, 0.05) is 11.4 Å². The Labute approximate surface area is 151 Å². The minimum atomic E-state index is -0.319. The molecule has 0 aromatic heterocycles. The van der Waals surface area contributed by atoms with Crippen molar-refractivity contribution in [2.45, 2.75) is 12.7 Å². The van der Waals surface area contributed by atoms with Crippen LogP contribution >= 0.6 is 11.8 Å². The molecular formula is C19H21NO4S. The minimum Gasteiger partial charge on any atom is -0.497 e. The average Bonchev–Trinajstić information content (AvgIpc) is 2.63. The molecule has 2 rings (SSSR count). The van der Waals surface area contributed by atoms with Crippen LogP contribution in [0.1, 0.15) is 22.8 Å². The Kier molecular flexibility index (Phi) is 7.35. The molecule has 25 heavy (non-hydrogen) atoms. The molecular weight excluding hydrogens is 338 g/mol. The van der Waals surface area contributed by atoms with Gasteiger partial charge in [0.1, 0.15) is 5.75 Å². The first-order chi connectivity index (χ1) is 12.1. The number of hydrogen-bond acceptors (Lipinski definition) is 5. The van der Waals surface area contributed by atoms with Crippen LogP contribution in [0.5, 0.6) is 5.75 Å². The van der Waals surface area contributed by atoms with Crippen LogP contribution in [-0.2, 0) is 15.3 Å². The van der Waals surface area contributed by atoms with Crippen molar-refractivity contribution in [2.75, 3.05) is 24.8 Å². The maximum atomic E-state index is 11.9. The Morgan fingerprint density at radius 3 is 2.32 bits per heavy atom. The fourth-order valence-corrected chi connectivity index (χ4v) is 2.87. The number of benzene rings is 2. The van der Waals surface area contributed by atoms with E-state index in [-0.39, 0.29) is 11.9 Å². The SMILES string of the molecule is CCOC(=O)c1ccc(CSCC(=O)Nc2ccc(OC)cc2)cc1. The van der Waals surface area contributed by atoms with Crippen molar-refractivity contribution in [3.8, 4) is 5.75 Å². The van der Waals surface area contributed by atoms with Gasteiger partial charge < -0.3 is 14.8 Å². The van der Waals surface area contributed by atoms with Gasteiger partial charge >= 0.3 is 5.97 Å². The number of anilines is 1. The highest BCUT2D eigenvalue weighted by Crippen LogP contribution is 2.17. The summed E-state index contributed by atoms with van der Waals surface area (Å²) >= 11 is 1.51. The lowest BCUT2D eigenvalue weighted by atomic mass is 10.1. The molecule has 0 fully saturated rings.